The SMILES string of the molecule is C=C1COC(C)(C)O[C@H]1C(C)C. The molecule has 0 aliphatic carbocycles. The largest absolute Gasteiger partial charge is 0.346 e. The van der Waals surface area contributed by atoms with E-state index in [0.29, 0.717) is 12.5 Å². The molecule has 1 heterocycles. The lowest BCUT2D eigenvalue weighted by molar-refractivity contribution is -0.258. The summed E-state index contributed by atoms with van der Waals surface area (Å²) in [5.74, 6) is 0.0246. The van der Waals surface area contributed by atoms with Gasteiger partial charge >= 0.3 is 0 Å². The molecule has 1 rings (SSSR count). The minimum Gasteiger partial charge on any atom is -0.346 e. The maximum atomic E-state index is 5.73. The molecule has 0 N–H and O–H groups in total. The van der Waals surface area contributed by atoms with Crippen molar-refractivity contribution < 1.29 is 9.47 Å². The monoisotopic (exact) mass is 170 g/mol. The van der Waals surface area contributed by atoms with Crippen LogP contribution in [0.1, 0.15) is 27.7 Å². The van der Waals surface area contributed by atoms with Crippen LogP contribution in [-0.4, -0.2) is 18.5 Å². The van der Waals surface area contributed by atoms with Crippen molar-refractivity contribution in [1.29, 1.82) is 0 Å². The van der Waals surface area contributed by atoms with E-state index in [-0.39, 0.29) is 6.10 Å². The highest BCUT2D eigenvalue weighted by Crippen LogP contribution is 2.28. The molecule has 1 aliphatic heterocycles. The fraction of sp³-hybridized carbons (Fsp3) is 0.800. The second-order valence-electron chi connectivity index (χ2n) is 4.13. The molecule has 0 unspecified atom stereocenters. The van der Waals surface area contributed by atoms with Crippen molar-refractivity contribution in [3.63, 3.8) is 0 Å². The molecule has 0 aromatic rings. The molecule has 12 heavy (non-hydrogen) atoms. The van der Waals surface area contributed by atoms with Gasteiger partial charge in [0.2, 0.25) is 0 Å². The Labute approximate surface area is 74.6 Å². The minimum atomic E-state index is -0.448. The highest BCUT2D eigenvalue weighted by molar-refractivity contribution is 5.06. The van der Waals surface area contributed by atoms with Gasteiger partial charge in [-0.1, -0.05) is 20.4 Å². The fourth-order valence-corrected chi connectivity index (χ4v) is 1.38. The third kappa shape index (κ3) is 2.08. The molecule has 1 aliphatic rings. The zero-order valence-electron chi connectivity index (χ0n) is 8.39. The lowest BCUT2D eigenvalue weighted by atomic mass is 9.99. The maximum Gasteiger partial charge on any atom is 0.164 e. The molecule has 0 bridgehead atoms. The topological polar surface area (TPSA) is 18.5 Å². The normalized spacial score (nSPS) is 29.4. The van der Waals surface area contributed by atoms with Gasteiger partial charge in [-0.2, -0.15) is 0 Å². The zero-order chi connectivity index (χ0) is 9.35. The van der Waals surface area contributed by atoms with Gasteiger partial charge in [-0.25, -0.2) is 0 Å². The number of ether oxygens (including phenoxy) is 2. The van der Waals surface area contributed by atoms with E-state index in [1.54, 1.807) is 0 Å². The van der Waals surface area contributed by atoms with Gasteiger partial charge in [-0.15, -0.1) is 0 Å². The van der Waals surface area contributed by atoms with E-state index in [4.69, 9.17) is 9.47 Å². The summed E-state index contributed by atoms with van der Waals surface area (Å²) in [6, 6.07) is 0. The third-order valence-electron chi connectivity index (χ3n) is 2.02. The van der Waals surface area contributed by atoms with Crippen molar-refractivity contribution >= 4 is 0 Å². The summed E-state index contributed by atoms with van der Waals surface area (Å²) >= 11 is 0. The molecule has 1 fully saturated rings. The van der Waals surface area contributed by atoms with Crippen LogP contribution in [0, 0.1) is 5.92 Å². The van der Waals surface area contributed by atoms with Crippen molar-refractivity contribution in [1.82, 2.24) is 0 Å². The summed E-state index contributed by atoms with van der Waals surface area (Å²) in [5.41, 5.74) is 1.05. The lowest BCUT2D eigenvalue weighted by Crippen LogP contribution is -2.43. The van der Waals surface area contributed by atoms with Crippen LogP contribution >= 0.6 is 0 Å². The highest BCUT2D eigenvalue weighted by atomic mass is 16.7. The van der Waals surface area contributed by atoms with E-state index >= 15 is 0 Å². The van der Waals surface area contributed by atoms with Crippen molar-refractivity contribution in [2.75, 3.05) is 6.61 Å². The summed E-state index contributed by atoms with van der Waals surface area (Å²) < 4.78 is 11.2. The molecule has 0 saturated carbocycles. The second-order valence-corrected chi connectivity index (χ2v) is 4.13. The highest BCUT2D eigenvalue weighted by Gasteiger charge is 2.33. The molecule has 1 atom stereocenters. The molecule has 0 radical (unpaired) electrons. The summed E-state index contributed by atoms with van der Waals surface area (Å²) in [6.07, 6.45) is 0.147. The van der Waals surface area contributed by atoms with Gasteiger partial charge < -0.3 is 9.47 Å². The zero-order valence-corrected chi connectivity index (χ0v) is 8.39. The van der Waals surface area contributed by atoms with Gasteiger partial charge in [0.1, 0.15) is 0 Å². The van der Waals surface area contributed by atoms with Crippen molar-refractivity contribution in [3.05, 3.63) is 12.2 Å². The first-order valence-electron chi connectivity index (χ1n) is 4.42. The van der Waals surface area contributed by atoms with Crippen LogP contribution in [0.3, 0.4) is 0 Å². The fourth-order valence-electron chi connectivity index (χ4n) is 1.38. The van der Waals surface area contributed by atoms with E-state index in [2.05, 4.69) is 20.4 Å². The van der Waals surface area contributed by atoms with E-state index in [9.17, 15) is 0 Å². The summed E-state index contributed by atoms with van der Waals surface area (Å²) in [5, 5.41) is 0. The van der Waals surface area contributed by atoms with E-state index in [1.807, 2.05) is 13.8 Å². The quantitative estimate of drug-likeness (QED) is 0.562. The summed E-state index contributed by atoms with van der Waals surface area (Å²) in [4.78, 5) is 0. The Bertz CT molecular complexity index is 182. The molecule has 1 saturated heterocycles. The Morgan fingerprint density at radius 1 is 1.50 bits per heavy atom. The van der Waals surface area contributed by atoms with Gasteiger partial charge in [0.05, 0.1) is 12.7 Å². The second kappa shape index (κ2) is 3.19. The minimum absolute atomic E-state index is 0.147. The Morgan fingerprint density at radius 3 is 2.50 bits per heavy atom. The average molecular weight is 170 g/mol. The molecular weight excluding hydrogens is 152 g/mol. The number of rotatable bonds is 1. The lowest BCUT2D eigenvalue weighted by Gasteiger charge is -2.39. The molecule has 70 valence electrons. The Balaban J connectivity index is 2.66. The molecule has 2 nitrogen and oxygen atoms in total. The number of hydrogen-bond acceptors (Lipinski definition) is 2. The van der Waals surface area contributed by atoms with Gasteiger partial charge in [0.25, 0.3) is 0 Å². The predicted octanol–water partition coefficient (Wildman–Crippen LogP) is 2.35. The average Bonchev–Trinajstić information content (AvgIpc) is 1.94. The van der Waals surface area contributed by atoms with Gasteiger partial charge in [-0.05, 0) is 25.3 Å². The van der Waals surface area contributed by atoms with Crippen LogP contribution in [-0.2, 0) is 9.47 Å². The van der Waals surface area contributed by atoms with Crippen LogP contribution in [0.25, 0.3) is 0 Å². The first-order chi connectivity index (χ1) is 5.42. The molecular formula is C10H18O2. The molecule has 0 amide bonds. The van der Waals surface area contributed by atoms with Gasteiger partial charge in [0.15, 0.2) is 5.79 Å². The number of hydrogen-bond donors (Lipinski definition) is 0. The molecule has 0 aromatic heterocycles. The van der Waals surface area contributed by atoms with Crippen molar-refractivity contribution in [2.45, 2.75) is 39.6 Å². The smallest absolute Gasteiger partial charge is 0.164 e. The molecule has 0 aromatic carbocycles. The molecule has 0 spiro atoms. The molecule has 2 heteroatoms. The standard InChI is InChI=1S/C10H18O2/c1-7(2)9-8(3)6-11-10(4,5)12-9/h7,9H,3,6H2,1-2,4-5H3/t9-/m0/s1. The third-order valence-corrected chi connectivity index (χ3v) is 2.02. The van der Waals surface area contributed by atoms with E-state index < -0.39 is 5.79 Å². The van der Waals surface area contributed by atoms with Crippen LogP contribution in [0.5, 0.6) is 0 Å². The maximum absolute atomic E-state index is 5.73. The van der Waals surface area contributed by atoms with Crippen LogP contribution in [0.2, 0.25) is 0 Å². The van der Waals surface area contributed by atoms with Crippen molar-refractivity contribution in [2.24, 2.45) is 5.92 Å². The Hall–Kier alpha value is -0.340. The summed E-state index contributed by atoms with van der Waals surface area (Å²) in [6.45, 7) is 12.7. The van der Waals surface area contributed by atoms with Gasteiger partial charge in [0, 0.05) is 0 Å². The predicted molar refractivity (Wildman–Crippen MR) is 48.9 cm³/mol. The van der Waals surface area contributed by atoms with Crippen LogP contribution < -0.4 is 0 Å². The van der Waals surface area contributed by atoms with Crippen molar-refractivity contribution in [3.8, 4) is 0 Å². The van der Waals surface area contributed by atoms with Crippen LogP contribution in [0.15, 0.2) is 12.2 Å². The Morgan fingerprint density at radius 2 is 2.08 bits per heavy atom. The van der Waals surface area contributed by atoms with E-state index in [1.165, 1.54) is 0 Å². The van der Waals surface area contributed by atoms with Crippen LogP contribution in [0.4, 0.5) is 0 Å². The van der Waals surface area contributed by atoms with Gasteiger partial charge in [-0.3, -0.25) is 0 Å². The Kier molecular flexibility index (Phi) is 2.59. The first kappa shape index (κ1) is 9.75. The summed E-state index contributed by atoms with van der Waals surface area (Å²) in [7, 11) is 0. The van der Waals surface area contributed by atoms with E-state index in [0.717, 1.165) is 5.57 Å². The first-order valence-corrected chi connectivity index (χ1v) is 4.42.